The molecular formula is C15H12O. The summed E-state index contributed by atoms with van der Waals surface area (Å²) in [7, 11) is 0. The van der Waals surface area contributed by atoms with E-state index >= 15 is 0 Å². The van der Waals surface area contributed by atoms with Crippen molar-refractivity contribution in [3.05, 3.63) is 65.2 Å². The number of fused-ring (bicyclic) bond motifs is 1. The third kappa shape index (κ3) is 1.72. The first-order valence-corrected chi connectivity index (χ1v) is 5.41. The highest BCUT2D eigenvalue weighted by atomic mass is 16.5. The molecule has 0 saturated heterocycles. The molecule has 0 atom stereocenters. The third-order valence-electron chi connectivity index (χ3n) is 2.75. The molecule has 0 saturated carbocycles. The lowest BCUT2D eigenvalue weighted by Crippen LogP contribution is -1.97. The zero-order valence-corrected chi connectivity index (χ0v) is 8.89. The van der Waals surface area contributed by atoms with Crippen LogP contribution in [0.2, 0.25) is 0 Å². The van der Waals surface area contributed by atoms with Gasteiger partial charge in [0.1, 0.15) is 12.4 Å². The summed E-state index contributed by atoms with van der Waals surface area (Å²) in [6.07, 6.45) is 4.21. The molecule has 78 valence electrons. The monoisotopic (exact) mass is 208 g/mol. The van der Waals surface area contributed by atoms with Crippen LogP contribution < -0.4 is 4.74 Å². The normalized spacial score (nSPS) is 11.8. The molecule has 0 fully saturated rings. The fourth-order valence-corrected chi connectivity index (χ4v) is 1.76. The minimum atomic E-state index is 0.628. The lowest BCUT2D eigenvalue weighted by Gasteiger charge is -2.12. The molecule has 0 N–H and O–H groups in total. The maximum absolute atomic E-state index is 5.73. The molecule has 0 amide bonds. The van der Waals surface area contributed by atoms with Crippen LogP contribution in [0.5, 0.6) is 5.75 Å². The van der Waals surface area contributed by atoms with Gasteiger partial charge >= 0.3 is 0 Å². The first kappa shape index (κ1) is 9.22. The van der Waals surface area contributed by atoms with Gasteiger partial charge in [0.15, 0.2) is 0 Å². The fourth-order valence-electron chi connectivity index (χ4n) is 1.76. The van der Waals surface area contributed by atoms with Crippen LogP contribution >= 0.6 is 0 Å². The summed E-state index contributed by atoms with van der Waals surface area (Å²) in [4.78, 5) is 0. The van der Waals surface area contributed by atoms with Crippen molar-refractivity contribution in [1.82, 2.24) is 0 Å². The van der Waals surface area contributed by atoms with Gasteiger partial charge < -0.3 is 4.74 Å². The van der Waals surface area contributed by atoms with Crippen molar-refractivity contribution in [1.29, 1.82) is 0 Å². The van der Waals surface area contributed by atoms with Gasteiger partial charge in [-0.2, -0.15) is 0 Å². The smallest absolute Gasteiger partial charge is 0.120 e. The van der Waals surface area contributed by atoms with Crippen LogP contribution in [0.4, 0.5) is 0 Å². The van der Waals surface area contributed by atoms with Crippen LogP contribution in [0.3, 0.4) is 0 Å². The Labute approximate surface area is 95.0 Å². The largest absolute Gasteiger partial charge is 0.489 e. The van der Waals surface area contributed by atoms with Gasteiger partial charge in [-0.05, 0) is 28.8 Å². The zero-order chi connectivity index (χ0) is 10.8. The Hall–Kier alpha value is -2.02. The molecule has 3 rings (SSSR count). The average Bonchev–Trinajstić information content (AvgIpc) is 2.31. The van der Waals surface area contributed by atoms with E-state index in [1.165, 1.54) is 16.7 Å². The summed E-state index contributed by atoms with van der Waals surface area (Å²) in [6, 6.07) is 16.4. The summed E-state index contributed by atoms with van der Waals surface area (Å²) >= 11 is 0. The van der Waals surface area contributed by atoms with Gasteiger partial charge in [0, 0.05) is 0 Å². The highest BCUT2D eigenvalue weighted by molar-refractivity contribution is 5.86. The number of rotatable bonds is 3. The van der Waals surface area contributed by atoms with Gasteiger partial charge in [-0.3, -0.25) is 0 Å². The van der Waals surface area contributed by atoms with Gasteiger partial charge in [0.25, 0.3) is 0 Å². The molecule has 2 aromatic carbocycles. The number of hydrogen-bond donors (Lipinski definition) is 0. The summed E-state index contributed by atoms with van der Waals surface area (Å²) in [5, 5.41) is 0. The molecule has 1 heteroatoms. The first-order chi connectivity index (χ1) is 7.92. The van der Waals surface area contributed by atoms with Gasteiger partial charge in [-0.1, -0.05) is 48.6 Å². The van der Waals surface area contributed by atoms with E-state index in [2.05, 4.69) is 36.4 Å². The lowest BCUT2D eigenvalue weighted by atomic mass is 9.98. The predicted molar refractivity (Wildman–Crippen MR) is 66.1 cm³/mol. The Balaban J connectivity index is 1.69. The topological polar surface area (TPSA) is 9.23 Å². The summed E-state index contributed by atoms with van der Waals surface area (Å²) in [6.45, 7) is 0.628. The number of hydrogen-bond acceptors (Lipinski definition) is 1. The molecule has 1 aliphatic carbocycles. The van der Waals surface area contributed by atoms with E-state index in [0.717, 1.165) is 5.75 Å². The van der Waals surface area contributed by atoms with Crippen LogP contribution in [0.15, 0.2) is 48.5 Å². The Morgan fingerprint density at radius 1 is 0.812 bits per heavy atom. The van der Waals surface area contributed by atoms with Gasteiger partial charge in [-0.15, -0.1) is 0 Å². The Morgan fingerprint density at radius 2 is 1.62 bits per heavy atom. The second-order valence-electron chi connectivity index (χ2n) is 3.90. The van der Waals surface area contributed by atoms with Crippen LogP contribution in [0.25, 0.3) is 12.2 Å². The van der Waals surface area contributed by atoms with E-state index in [4.69, 9.17) is 4.74 Å². The molecule has 0 unspecified atom stereocenters. The third-order valence-corrected chi connectivity index (χ3v) is 2.75. The van der Waals surface area contributed by atoms with Crippen molar-refractivity contribution in [3.8, 4) is 5.75 Å². The lowest BCUT2D eigenvalue weighted by molar-refractivity contribution is 0.306. The Morgan fingerprint density at radius 3 is 2.31 bits per heavy atom. The van der Waals surface area contributed by atoms with Crippen LogP contribution in [0.1, 0.15) is 16.7 Å². The SMILES string of the molecule is C1=Cc2cc(OCc3ccccc3)ccc21. The van der Waals surface area contributed by atoms with Crippen molar-refractivity contribution >= 4 is 12.2 Å². The predicted octanol–water partition coefficient (Wildman–Crippen LogP) is 3.75. The second-order valence-corrected chi connectivity index (χ2v) is 3.90. The van der Waals surface area contributed by atoms with E-state index in [1.54, 1.807) is 0 Å². The van der Waals surface area contributed by atoms with Crippen LogP contribution in [0, 0.1) is 0 Å². The van der Waals surface area contributed by atoms with Gasteiger partial charge in [0.2, 0.25) is 0 Å². The van der Waals surface area contributed by atoms with E-state index in [1.807, 2.05) is 24.3 Å². The highest BCUT2D eigenvalue weighted by Gasteiger charge is 2.06. The van der Waals surface area contributed by atoms with Crippen molar-refractivity contribution in [2.24, 2.45) is 0 Å². The van der Waals surface area contributed by atoms with E-state index < -0.39 is 0 Å². The molecule has 0 spiro atoms. The van der Waals surface area contributed by atoms with Crippen molar-refractivity contribution in [2.45, 2.75) is 6.61 Å². The minimum absolute atomic E-state index is 0.628. The van der Waals surface area contributed by atoms with E-state index in [0.29, 0.717) is 6.61 Å². The number of benzene rings is 2. The zero-order valence-electron chi connectivity index (χ0n) is 8.89. The standard InChI is InChI=1S/C15H12O/c1-2-4-12(5-3-1)11-16-15-9-8-13-6-7-14(13)10-15/h1-10H,11H2. The van der Waals surface area contributed by atoms with Crippen molar-refractivity contribution < 1.29 is 4.74 Å². The second kappa shape index (κ2) is 3.86. The number of ether oxygens (including phenoxy) is 1. The molecule has 0 aliphatic heterocycles. The van der Waals surface area contributed by atoms with Crippen LogP contribution in [-0.2, 0) is 6.61 Å². The minimum Gasteiger partial charge on any atom is -0.489 e. The van der Waals surface area contributed by atoms with Crippen LogP contribution in [-0.4, -0.2) is 0 Å². The molecule has 1 aliphatic rings. The summed E-state index contributed by atoms with van der Waals surface area (Å²) in [5.74, 6) is 0.937. The molecule has 0 radical (unpaired) electrons. The van der Waals surface area contributed by atoms with E-state index in [-0.39, 0.29) is 0 Å². The van der Waals surface area contributed by atoms with Gasteiger partial charge in [0.05, 0.1) is 0 Å². The molecule has 16 heavy (non-hydrogen) atoms. The maximum atomic E-state index is 5.73. The molecule has 0 heterocycles. The highest BCUT2D eigenvalue weighted by Crippen LogP contribution is 2.27. The van der Waals surface area contributed by atoms with Crippen molar-refractivity contribution in [3.63, 3.8) is 0 Å². The van der Waals surface area contributed by atoms with Crippen molar-refractivity contribution in [2.75, 3.05) is 0 Å². The quantitative estimate of drug-likeness (QED) is 0.637. The molecule has 2 aromatic rings. The average molecular weight is 208 g/mol. The maximum Gasteiger partial charge on any atom is 0.120 e. The Bertz CT molecular complexity index is 526. The first-order valence-electron chi connectivity index (χ1n) is 5.41. The Kier molecular flexibility index (Phi) is 2.22. The molecule has 1 nitrogen and oxygen atoms in total. The molecule has 0 bridgehead atoms. The van der Waals surface area contributed by atoms with E-state index in [9.17, 15) is 0 Å². The summed E-state index contributed by atoms with van der Waals surface area (Å²) < 4.78 is 5.73. The summed E-state index contributed by atoms with van der Waals surface area (Å²) in [5.41, 5.74) is 3.76. The molecular weight excluding hydrogens is 196 g/mol. The fraction of sp³-hybridized carbons (Fsp3) is 0.0667. The van der Waals surface area contributed by atoms with Gasteiger partial charge in [-0.25, -0.2) is 0 Å². The molecule has 0 aromatic heterocycles.